The summed E-state index contributed by atoms with van der Waals surface area (Å²) in [6, 6.07) is 0.341. The number of hydrogen-bond donors (Lipinski definition) is 1. The molecule has 1 fully saturated rings. The van der Waals surface area contributed by atoms with Crippen LogP contribution in [0.4, 0.5) is 0 Å². The molecule has 0 bridgehead atoms. The molecule has 1 rings (SSSR count). The SMILES string of the molecule is CC(N)C1CCCCN1C(=O)CC(C)(C)C. The van der Waals surface area contributed by atoms with Gasteiger partial charge in [-0.25, -0.2) is 0 Å². The molecule has 0 radical (unpaired) electrons. The summed E-state index contributed by atoms with van der Waals surface area (Å²) in [5.74, 6) is 0.273. The molecule has 94 valence electrons. The van der Waals surface area contributed by atoms with E-state index < -0.39 is 0 Å². The van der Waals surface area contributed by atoms with Gasteiger partial charge in [-0.1, -0.05) is 20.8 Å². The molecule has 3 heteroatoms. The van der Waals surface area contributed by atoms with Crippen molar-refractivity contribution in [1.82, 2.24) is 4.90 Å². The van der Waals surface area contributed by atoms with E-state index in [1.54, 1.807) is 0 Å². The maximum absolute atomic E-state index is 12.2. The molecule has 0 spiro atoms. The summed E-state index contributed by atoms with van der Waals surface area (Å²) in [5.41, 5.74) is 6.03. The van der Waals surface area contributed by atoms with Gasteiger partial charge in [0, 0.05) is 25.0 Å². The summed E-state index contributed by atoms with van der Waals surface area (Å²) in [5, 5.41) is 0. The molecular weight excluding hydrogens is 200 g/mol. The van der Waals surface area contributed by atoms with Gasteiger partial charge >= 0.3 is 0 Å². The molecule has 0 aromatic rings. The van der Waals surface area contributed by atoms with Crippen molar-refractivity contribution in [2.75, 3.05) is 6.54 Å². The van der Waals surface area contributed by atoms with E-state index in [9.17, 15) is 4.79 Å². The average molecular weight is 226 g/mol. The number of carbonyl (C=O) groups is 1. The predicted molar refractivity (Wildman–Crippen MR) is 67.1 cm³/mol. The fraction of sp³-hybridized carbons (Fsp3) is 0.923. The van der Waals surface area contributed by atoms with Crippen molar-refractivity contribution in [1.29, 1.82) is 0 Å². The van der Waals surface area contributed by atoms with Gasteiger partial charge in [-0.15, -0.1) is 0 Å². The van der Waals surface area contributed by atoms with E-state index in [2.05, 4.69) is 20.8 Å². The van der Waals surface area contributed by atoms with Gasteiger partial charge in [0.25, 0.3) is 0 Å². The largest absolute Gasteiger partial charge is 0.338 e. The van der Waals surface area contributed by atoms with E-state index in [1.807, 2.05) is 11.8 Å². The van der Waals surface area contributed by atoms with Crippen molar-refractivity contribution in [3.05, 3.63) is 0 Å². The van der Waals surface area contributed by atoms with E-state index in [0.29, 0.717) is 6.42 Å². The van der Waals surface area contributed by atoms with Crippen LogP contribution in [0.15, 0.2) is 0 Å². The van der Waals surface area contributed by atoms with E-state index in [4.69, 9.17) is 5.73 Å². The van der Waals surface area contributed by atoms with Gasteiger partial charge in [-0.3, -0.25) is 4.79 Å². The molecule has 1 amide bonds. The molecule has 0 aromatic heterocycles. The fourth-order valence-corrected chi connectivity index (χ4v) is 2.37. The van der Waals surface area contributed by atoms with E-state index in [1.165, 1.54) is 6.42 Å². The fourth-order valence-electron chi connectivity index (χ4n) is 2.37. The molecular formula is C13H26N2O. The zero-order valence-corrected chi connectivity index (χ0v) is 11.1. The molecule has 0 saturated carbocycles. The first-order valence-electron chi connectivity index (χ1n) is 6.36. The van der Waals surface area contributed by atoms with Crippen LogP contribution in [0.5, 0.6) is 0 Å². The summed E-state index contributed by atoms with van der Waals surface area (Å²) in [7, 11) is 0. The first-order valence-corrected chi connectivity index (χ1v) is 6.36. The first kappa shape index (κ1) is 13.5. The van der Waals surface area contributed by atoms with Crippen LogP contribution >= 0.6 is 0 Å². The lowest BCUT2D eigenvalue weighted by Gasteiger charge is -2.39. The molecule has 1 aliphatic rings. The van der Waals surface area contributed by atoms with Gasteiger partial charge in [0.05, 0.1) is 0 Å². The van der Waals surface area contributed by atoms with Crippen molar-refractivity contribution in [2.24, 2.45) is 11.1 Å². The summed E-state index contributed by atoms with van der Waals surface area (Å²) < 4.78 is 0. The zero-order chi connectivity index (χ0) is 12.3. The number of piperidine rings is 1. The van der Waals surface area contributed by atoms with Gasteiger partial charge in [0.15, 0.2) is 0 Å². The third-order valence-corrected chi connectivity index (χ3v) is 3.16. The van der Waals surface area contributed by atoms with Crippen molar-refractivity contribution < 1.29 is 4.79 Å². The summed E-state index contributed by atoms with van der Waals surface area (Å²) >= 11 is 0. The number of amides is 1. The summed E-state index contributed by atoms with van der Waals surface area (Å²) in [6.07, 6.45) is 4.01. The summed E-state index contributed by atoms with van der Waals surface area (Å²) in [4.78, 5) is 14.2. The molecule has 3 nitrogen and oxygen atoms in total. The molecule has 0 aromatic carbocycles. The van der Waals surface area contributed by atoms with Crippen molar-refractivity contribution in [3.8, 4) is 0 Å². The third kappa shape index (κ3) is 3.78. The van der Waals surface area contributed by atoms with Gasteiger partial charge < -0.3 is 10.6 Å². The first-order chi connectivity index (χ1) is 7.31. The Morgan fingerprint density at radius 3 is 2.56 bits per heavy atom. The topological polar surface area (TPSA) is 46.3 Å². The highest BCUT2D eigenvalue weighted by molar-refractivity contribution is 5.77. The molecule has 1 heterocycles. The monoisotopic (exact) mass is 226 g/mol. The zero-order valence-electron chi connectivity index (χ0n) is 11.1. The predicted octanol–water partition coefficient (Wildman–Crippen LogP) is 2.15. The number of nitrogens with two attached hydrogens (primary N) is 1. The minimum atomic E-state index is 0.0664. The van der Waals surface area contributed by atoms with Gasteiger partial charge in [0.1, 0.15) is 0 Å². The number of carbonyl (C=O) groups excluding carboxylic acids is 1. The number of nitrogens with zero attached hydrogens (tertiary/aromatic N) is 1. The van der Waals surface area contributed by atoms with Crippen molar-refractivity contribution >= 4 is 5.91 Å². The highest BCUT2D eigenvalue weighted by Crippen LogP contribution is 2.25. The van der Waals surface area contributed by atoms with Crippen LogP contribution in [0.1, 0.15) is 53.4 Å². The molecule has 16 heavy (non-hydrogen) atoms. The average Bonchev–Trinajstić information content (AvgIpc) is 2.15. The van der Waals surface area contributed by atoms with Crippen LogP contribution in [0.3, 0.4) is 0 Å². The Morgan fingerprint density at radius 2 is 2.06 bits per heavy atom. The third-order valence-electron chi connectivity index (χ3n) is 3.16. The molecule has 2 N–H and O–H groups in total. The van der Waals surface area contributed by atoms with Crippen molar-refractivity contribution in [3.63, 3.8) is 0 Å². The van der Waals surface area contributed by atoms with E-state index in [-0.39, 0.29) is 23.4 Å². The van der Waals surface area contributed by atoms with Gasteiger partial charge in [0.2, 0.25) is 5.91 Å². The van der Waals surface area contributed by atoms with Crippen LogP contribution in [0.2, 0.25) is 0 Å². The quantitative estimate of drug-likeness (QED) is 0.784. The highest BCUT2D eigenvalue weighted by Gasteiger charge is 2.30. The highest BCUT2D eigenvalue weighted by atomic mass is 16.2. The Labute approximate surface area is 99.4 Å². The number of rotatable bonds is 2. The Hall–Kier alpha value is -0.570. The van der Waals surface area contributed by atoms with Crippen LogP contribution in [-0.2, 0) is 4.79 Å². The number of likely N-dealkylation sites (tertiary alicyclic amines) is 1. The second-order valence-electron chi connectivity index (χ2n) is 6.25. The normalized spacial score (nSPS) is 24.3. The molecule has 1 saturated heterocycles. The van der Waals surface area contributed by atoms with Crippen LogP contribution in [-0.4, -0.2) is 29.4 Å². The van der Waals surface area contributed by atoms with Crippen molar-refractivity contribution in [2.45, 2.75) is 65.5 Å². The molecule has 1 aliphatic heterocycles. The molecule has 2 unspecified atom stereocenters. The lowest BCUT2D eigenvalue weighted by Crippen LogP contribution is -2.52. The smallest absolute Gasteiger partial charge is 0.223 e. The Kier molecular flexibility index (Phi) is 4.36. The second kappa shape index (κ2) is 5.17. The van der Waals surface area contributed by atoms with Crippen LogP contribution in [0, 0.1) is 5.41 Å². The van der Waals surface area contributed by atoms with E-state index >= 15 is 0 Å². The lowest BCUT2D eigenvalue weighted by atomic mass is 9.89. The minimum Gasteiger partial charge on any atom is -0.338 e. The number of hydrogen-bond acceptors (Lipinski definition) is 2. The maximum atomic E-state index is 12.2. The Morgan fingerprint density at radius 1 is 1.44 bits per heavy atom. The Bertz CT molecular complexity index is 243. The Balaban J connectivity index is 2.64. The van der Waals surface area contributed by atoms with Gasteiger partial charge in [-0.05, 0) is 31.6 Å². The molecule has 2 atom stereocenters. The van der Waals surface area contributed by atoms with Crippen LogP contribution < -0.4 is 5.73 Å². The van der Waals surface area contributed by atoms with E-state index in [0.717, 1.165) is 19.4 Å². The van der Waals surface area contributed by atoms with Crippen LogP contribution in [0.25, 0.3) is 0 Å². The second-order valence-corrected chi connectivity index (χ2v) is 6.25. The minimum absolute atomic E-state index is 0.0664. The molecule has 0 aliphatic carbocycles. The lowest BCUT2D eigenvalue weighted by molar-refractivity contribution is -0.137. The van der Waals surface area contributed by atoms with Gasteiger partial charge in [-0.2, -0.15) is 0 Å². The standard InChI is InChI=1S/C13H26N2O/c1-10(14)11-7-5-6-8-15(11)12(16)9-13(2,3)4/h10-11H,5-9,14H2,1-4H3. The summed E-state index contributed by atoms with van der Waals surface area (Å²) in [6.45, 7) is 9.22. The maximum Gasteiger partial charge on any atom is 0.223 e.